The lowest BCUT2D eigenvalue weighted by molar-refractivity contribution is -0.385. The van der Waals surface area contributed by atoms with Gasteiger partial charge < -0.3 is 5.11 Å². The van der Waals surface area contributed by atoms with Gasteiger partial charge in [-0.15, -0.1) is 0 Å². The van der Waals surface area contributed by atoms with Gasteiger partial charge in [0.2, 0.25) is 0 Å². The molecule has 6 nitrogen and oxygen atoms in total. The Kier molecular flexibility index (Phi) is 5.90. The van der Waals surface area contributed by atoms with E-state index in [9.17, 15) is 28.2 Å². The van der Waals surface area contributed by atoms with Crippen molar-refractivity contribution in [3.05, 3.63) is 39.4 Å². The highest BCUT2D eigenvalue weighted by atomic mass is 32.2. The van der Waals surface area contributed by atoms with Crippen molar-refractivity contribution in [1.82, 2.24) is 4.72 Å². The molecule has 0 saturated carbocycles. The van der Waals surface area contributed by atoms with Crippen LogP contribution in [0.15, 0.2) is 18.2 Å². The maximum absolute atomic E-state index is 14.8. The zero-order valence-corrected chi connectivity index (χ0v) is 14.9. The molecular formula is C16H22F2N2O4S. The second-order valence-corrected chi connectivity index (χ2v) is 7.94. The van der Waals surface area contributed by atoms with Crippen LogP contribution < -0.4 is 4.72 Å². The zero-order valence-electron chi connectivity index (χ0n) is 14.1. The fourth-order valence-corrected chi connectivity index (χ4v) is 4.30. The summed E-state index contributed by atoms with van der Waals surface area (Å²) < 4.78 is 44.7. The molecule has 25 heavy (non-hydrogen) atoms. The van der Waals surface area contributed by atoms with Crippen LogP contribution in [0.5, 0.6) is 0 Å². The minimum Gasteiger partial charge on any atom is -0.390 e. The maximum atomic E-state index is 14.8. The molecule has 1 unspecified atom stereocenters. The molecule has 2 N–H and O–H groups in total. The van der Waals surface area contributed by atoms with E-state index in [0.29, 0.717) is 24.8 Å². The van der Waals surface area contributed by atoms with Gasteiger partial charge in [0.15, 0.2) is 0 Å². The van der Waals surface area contributed by atoms with E-state index >= 15 is 0 Å². The third-order valence-electron chi connectivity index (χ3n) is 4.80. The fourth-order valence-electron chi connectivity index (χ4n) is 3.09. The number of hydrogen-bond donors (Lipinski definition) is 2. The van der Waals surface area contributed by atoms with Crippen LogP contribution in [0.3, 0.4) is 0 Å². The number of aliphatic hydroxyl groups excluding tert-OH is 1. The molecule has 1 aliphatic carbocycles. The summed E-state index contributed by atoms with van der Waals surface area (Å²) in [7, 11) is -1.79. The van der Waals surface area contributed by atoms with Gasteiger partial charge in [0.25, 0.3) is 11.6 Å². The normalized spacial score (nSPS) is 22.9. The third-order valence-corrected chi connectivity index (χ3v) is 6.41. The Morgan fingerprint density at radius 1 is 1.52 bits per heavy atom. The minimum absolute atomic E-state index is 0.0450. The number of halogens is 2. The van der Waals surface area contributed by atoms with Gasteiger partial charge in [0, 0.05) is 17.4 Å². The summed E-state index contributed by atoms with van der Waals surface area (Å²) in [6, 6.07) is 3.85. The molecule has 140 valence electrons. The number of non-ortho nitro benzene ring substituents is 1. The van der Waals surface area contributed by atoms with E-state index in [1.165, 1.54) is 12.1 Å². The van der Waals surface area contributed by atoms with Crippen molar-refractivity contribution in [3.8, 4) is 0 Å². The molecule has 0 heterocycles. The van der Waals surface area contributed by atoms with E-state index in [1.54, 1.807) is 13.8 Å². The topological polar surface area (TPSA) is 92.5 Å². The van der Waals surface area contributed by atoms with E-state index in [2.05, 4.69) is 4.72 Å². The smallest absolute Gasteiger partial charge is 0.293 e. The molecule has 0 aliphatic heterocycles. The number of aliphatic hydroxyl groups is 1. The van der Waals surface area contributed by atoms with Gasteiger partial charge in [-0.05, 0) is 43.7 Å². The second kappa shape index (κ2) is 7.43. The Labute approximate surface area is 147 Å². The lowest BCUT2D eigenvalue weighted by atomic mass is 9.73. The number of rotatable bonds is 7. The van der Waals surface area contributed by atoms with Crippen LogP contribution in [-0.4, -0.2) is 32.0 Å². The fraction of sp³-hybridized carbons (Fsp3) is 0.625. The van der Waals surface area contributed by atoms with Gasteiger partial charge in [-0.1, -0.05) is 13.0 Å². The Morgan fingerprint density at radius 3 is 2.76 bits per heavy atom. The Hall–Kier alpha value is -1.45. The van der Waals surface area contributed by atoms with Crippen molar-refractivity contribution in [3.63, 3.8) is 0 Å². The summed E-state index contributed by atoms with van der Waals surface area (Å²) in [5.74, 6) is -3.62. The summed E-state index contributed by atoms with van der Waals surface area (Å²) >= 11 is 0. The molecular weight excluding hydrogens is 354 g/mol. The first-order valence-corrected chi connectivity index (χ1v) is 9.34. The SMILES string of the molecule is CC[C@@H](C)S(=O)N[C@]1(C(F)(F)CO)CCCc2ccc([N+](=O)[O-])cc21. The number of nitrogens with zero attached hydrogens (tertiary/aromatic N) is 1. The number of alkyl halides is 2. The van der Waals surface area contributed by atoms with Gasteiger partial charge in [0.1, 0.15) is 12.1 Å². The van der Waals surface area contributed by atoms with Gasteiger partial charge >= 0.3 is 0 Å². The molecule has 0 bridgehead atoms. The first-order valence-electron chi connectivity index (χ1n) is 8.13. The predicted molar refractivity (Wildman–Crippen MR) is 90.8 cm³/mol. The lowest BCUT2D eigenvalue weighted by Gasteiger charge is -2.44. The predicted octanol–water partition coefficient (Wildman–Crippen LogP) is 2.81. The van der Waals surface area contributed by atoms with E-state index < -0.39 is 34.0 Å². The monoisotopic (exact) mass is 376 g/mol. The summed E-state index contributed by atoms with van der Waals surface area (Å²) in [5, 5.41) is 20.0. The molecule has 9 heteroatoms. The molecule has 0 amide bonds. The Bertz CT molecular complexity index is 686. The van der Waals surface area contributed by atoms with Crippen LogP contribution in [0.25, 0.3) is 0 Å². The average molecular weight is 376 g/mol. The summed E-state index contributed by atoms with van der Waals surface area (Å²) in [5.41, 5.74) is -1.83. The summed E-state index contributed by atoms with van der Waals surface area (Å²) in [6.45, 7) is 2.02. The standard InChI is InChI=1S/C16H22F2N2O4S/c1-3-11(2)25(24)19-15(16(17,18)10-21)8-4-5-12-6-7-13(20(22)23)9-14(12)15/h6-7,9,11,19,21H,3-5,8,10H2,1-2H3/t11-,15-,25?/m1/s1. The van der Waals surface area contributed by atoms with Crippen molar-refractivity contribution >= 4 is 16.7 Å². The van der Waals surface area contributed by atoms with Crippen LogP contribution in [0.2, 0.25) is 0 Å². The molecule has 0 aromatic heterocycles. The summed E-state index contributed by atoms with van der Waals surface area (Å²) in [6.07, 6.45) is 1.33. The van der Waals surface area contributed by atoms with Crippen molar-refractivity contribution in [2.75, 3.05) is 6.61 Å². The first kappa shape index (κ1) is 19.9. The zero-order chi connectivity index (χ0) is 18.8. The quantitative estimate of drug-likeness (QED) is 0.565. The number of benzene rings is 1. The molecule has 1 aromatic rings. The molecule has 0 fully saturated rings. The van der Waals surface area contributed by atoms with Crippen molar-refractivity contribution in [1.29, 1.82) is 0 Å². The molecule has 2 rings (SSSR count). The molecule has 1 aromatic carbocycles. The van der Waals surface area contributed by atoms with E-state index in [-0.39, 0.29) is 22.9 Å². The van der Waals surface area contributed by atoms with Crippen molar-refractivity contribution in [2.45, 2.75) is 56.2 Å². The molecule has 0 spiro atoms. The van der Waals surface area contributed by atoms with Crippen LogP contribution in [-0.2, 0) is 22.9 Å². The Morgan fingerprint density at radius 2 is 2.20 bits per heavy atom. The Balaban J connectivity index is 2.64. The van der Waals surface area contributed by atoms with Crippen LogP contribution in [0.1, 0.15) is 44.2 Å². The van der Waals surface area contributed by atoms with Crippen LogP contribution in [0, 0.1) is 10.1 Å². The van der Waals surface area contributed by atoms with Gasteiger partial charge in [-0.25, -0.2) is 17.7 Å². The maximum Gasteiger partial charge on any atom is 0.293 e. The number of fused-ring (bicyclic) bond motifs is 1. The number of hydrogen-bond acceptors (Lipinski definition) is 4. The lowest BCUT2D eigenvalue weighted by Crippen LogP contribution is -2.60. The second-order valence-electron chi connectivity index (χ2n) is 6.34. The number of nitro benzene ring substituents is 1. The highest BCUT2D eigenvalue weighted by Gasteiger charge is 2.57. The third kappa shape index (κ3) is 3.58. The van der Waals surface area contributed by atoms with Crippen molar-refractivity contribution in [2.24, 2.45) is 0 Å². The minimum atomic E-state index is -3.62. The molecule has 0 radical (unpaired) electrons. The van der Waals surface area contributed by atoms with E-state index in [0.717, 1.165) is 6.07 Å². The number of aryl methyl sites for hydroxylation is 1. The number of nitro groups is 1. The molecule has 0 saturated heterocycles. The molecule has 1 aliphatic rings. The van der Waals surface area contributed by atoms with E-state index in [1.807, 2.05) is 0 Å². The van der Waals surface area contributed by atoms with Crippen LogP contribution >= 0.6 is 0 Å². The average Bonchev–Trinajstić information content (AvgIpc) is 2.60. The highest BCUT2D eigenvalue weighted by Crippen LogP contribution is 2.47. The van der Waals surface area contributed by atoms with Gasteiger partial charge in [0.05, 0.1) is 15.9 Å². The van der Waals surface area contributed by atoms with Crippen molar-refractivity contribution < 1.29 is 23.0 Å². The van der Waals surface area contributed by atoms with E-state index in [4.69, 9.17) is 0 Å². The van der Waals surface area contributed by atoms with Crippen LogP contribution in [0.4, 0.5) is 14.5 Å². The summed E-state index contributed by atoms with van der Waals surface area (Å²) in [4.78, 5) is 10.4. The van der Waals surface area contributed by atoms with Gasteiger partial charge in [-0.3, -0.25) is 10.1 Å². The first-order chi connectivity index (χ1) is 11.7. The number of nitrogens with one attached hydrogen (secondary N) is 1. The molecule has 3 atom stereocenters. The van der Waals surface area contributed by atoms with Gasteiger partial charge in [-0.2, -0.15) is 0 Å². The highest BCUT2D eigenvalue weighted by molar-refractivity contribution is 7.83. The largest absolute Gasteiger partial charge is 0.390 e.